The lowest BCUT2D eigenvalue weighted by Gasteiger charge is -2.17. The number of benzene rings is 1. The van der Waals surface area contributed by atoms with E-state index in [1.807, 2.05) is 13.1 Å². The van der Waals surface area contributed by atoms with Gasteiger partial charge in [-0.05, 0) is 49.9 Å². The van der Waals surface area contributed by atoms with Crippen molar-refractivity contribution in [1.29, 1.82) is 0 Å². The van der Waals surface area contributed by atoms with Crippen LogP contribution in [0.4, 0.5) is 5.69 Å². The summed E-state index contributed by atoms with van der Waals surface area (Å²) >= 11 is 0. The normalized spacial score (nSPS) is 18.4. The molecule has 1 N–H and O–H groups in total. The number of aryl methyl sites for hydroxylation is 1. The van der Waals surface area contributed by atoms with Crippen molar-refractivity contribution in [3.63, 3.8) is 0 Å². The van der Waals surface area contributed by atoms with Gasteiger partial charge in [-0.15, -0.1) is 0 Å². The van der Waals surface area contributed by atoms with E-state index in [-0.39, 0.29) is 5.91 Å². The second kappa shape index (κ2) is 5.83. The molecule has 0 bridgehead atoms. The quantitative estimate of drug-likeness (QED) is 0.836. The number of nitrogens with zero attached hydrogens (tertiary/aromatic N) is 1. The van der Waals surface area contributed by atoms with Gasteiger partial charge >= 0.3 is 0 Å². The van der Waals surface area contributed by atoms with E-state index < -0.39 is 0 Å². The molecule has 1 aliphatic carbocycles. The van der Waals surface area contributed by atoms with E-state index in [0.717, 1.165) is 36.9 Å². The summed E-state index contributed by atoms with van der Waals surface area (Å²) < 4.78 is 5.63. The molecule has 1 heterocycles. The number of hydrogen-bond acceptors (Lipinski definition) is 3. The van der Waals surface area contributed by atoms with Gasteiger partial charge in [0.05, 0.1) is 18.7 Å². The Morgan fingerprint density at radius 1 is 1.40 bits per heavy atom. The van der Waals surface area contributed by atoms with Gasteiger partial charge < -0.3 is 15.0 Å². The number of fused-ring (bicyclic) bond motifs is 1. The molecule has 0 atom stereocenters. The first-order valence-corrected chi connectivity index (χ1v) is 7.50. The molecule has 1 saturated carbocycles. The standard InChI is InChI=1S/C16H22N2O2/c1-18-14-11-12(3-2-9-17-13-5-6-13)4-7-15(14)20-10-8-16(18)19/h4,7,11,13,17H,2-3,5-6,8-10H2,1H3. The number of amides is 1. The van der Waals surface area contributed by atoms with Crippen LogP contribution >= 0.6 is 0 Å². The first-order chi connectivity index (χ1) is 9.74. The molecule has 0 unspecified atom stereocenters. The molecule has 0 spiro atoms. The molecule has 1 aliphatic heterocycles. The Morgan fingerprint density at radius 3 is 3.05 bits per heavy atom. The van der Waals surface area contributed by atoms with Gasteiger partial charge in [0.2, 0.25) is 5.91 Å². The van der Waals surface area contributed by atoms with Gasteiger partial charge in [0.1, 0.15) is 5.75 Å². The van der Waals surface area contributed by atoms with Crippen LogP contribution in [0.15, 0.2) is 18.2 Å². The number of carbonyl (C=O) groups excluding carboxylic acids is 1. The molecule has 3 rings (SSSR count). The molecule has 4 nitrogen and oxygen atoms in total. The van der Waals surface area contributed by atoms with Gasteiger partial charge in [-0.3, -0.25) is 4.79 Å². The lowest BCUT2D eigenvalue weighted by atomic mass is 10.1. The van der Waals surface area contributed by atoms with Crippen LogP contribution < -0.4 is 15.0 Å². The van der Waals surface area contributed by atoms with E-state index in [4.69, 9.17) is 4.74 Å². The monoisotopic (exact) mass is 274 g/mol. The first-order valence-electron chi connectivity index (χ1n) is 7.50. The fourth-order valence-electron chi connectivity index (χ4n) is 2.54. The highest BCUT2D eigenvalue weighted by molar-refractivity contribution is 5.95. The predicted octanol–water partition coefficient (Wildman–Crippen LogP) is 2.12. The SMILES string of the molecule is CN1C(=O)CCOc2ccc(CCCNC3CC3)cc21. The highest BCUT2D eigenvalue weighted by Gasteiger charge is 2.21. The topological polar surface area (TPSA) is 41.6 Å². The van der Waals surface area contributed by atoms with Gasteiger partial charge in [-0.25, -0.2) is 0 Å². The summed E-state index contributed by atoms with van der Waals surface area (Å²) in [5.41, 5.74) is 2.17. The number of ether oxygens (including phenoxy) is 1. The molecule has 108 valence electrons. The van der Waals surface area contributed by atoms with E-state index in [0.29, 0.717) is 13.0 Å². The smallest absolute Gasteiger partial charge is 0.230 e. The van der Waals surface area contributed by atoms with Gasteiger partial charge in [0.25, 0.3) is 0 Å². The molecule has 2 aliphatic rings. The maximum Gasteiger partial charge on any atom is 0.230 e. The van der Waals surface area contributed by atoms with Crippen molar-refractivity contribution in [3.8, 4) is 5.75 Å². The number of carbonyl (C=O) groups is 1. The third-order valence-corrected chi connectivity index (χ3v) is 3.98. The summed E-state index contributed by atoms with van der Waals surface area (Å²) in [6.45, 7) is 1.55. The third kappa shape index (κ3) is 3.12. The highest BCUT2D eigenvalue weighted by atomic mass is 16.5. The average Bonchev–Trinajstić information content (AvgIpc) is 3.28. The van der Waals surface area contributed by atoms with Crippen LogP contribution in [-0.2, 0) is 11.2 Å². The van der Waals surface area contributed by atoms with Crippen molar-refractivity contribution in [1.82, 2.24) is 5.32 Å². The van der Waals surface area contributed by atoms with Gasteiger partial charge in [-0.2, -0.15) is 0 Å². The zero-order chi connectivity index (χ0) is 13.9. The average molecular weight is 274 g/mol. The van der Waals surface area contributed by atoms with Gasteiger partial charge in [0, 0.05) is 13.1 Å². The van der Waals surface area contributed by atoms with Crippen LogP contribution in [-0.4, -0.2) is 32.1 Å². The summed E-state index contributed by atoms with van der Waals surface area (Å²) in [6, 6.07) is 6.97. The lowest BCUT2D eigenvalue weighted by molar-refractivity contribution is -0.118. The Kier molecular flexibility index (Phi) is 3.92. The van der Waals surface area contributed by atoms with Gasteiger partial charge in [0.15, 0.2) is 0 Å². The predicted molar refractivity (Wildman–Crippen MR) is 79.3 cm³/mol. The molecule has 4 heteroatoms. The van der Waals surface area contributed by atoms with Crippen LogP contribution in [0.1, 0.15) is 31.2 Å². The Bertz CT molecular complexity index is 497. The molecular formula is C16H22N2O2. The fraction of sp³-hybridized carbons (Fsp3) is 0.562. The number of hydrogen-bond donors (Lipinski definition) is 1. The van der Waals surface area contributed by atoms with E-state index in [2.05, 4.69) is 17.4 Å². The Balaban J connectivity index is 1.63. The maximum absolute atomic E-state index is 11.9. The summed E-state index contributed by atoms with van der Waals surface area (Å²) in [5.74, 6) is 0.939. The molecule has 20 heavy (non-hydrogen) atoms. The molecule has 1 aromatic carbocycles. The largest absolute Gasteiger partial charge is 0.491 e. The second-order valence-corrected chi connectivity index (χ2v) is 5.69. The van der Waals surface area contributed by atoms with E-state index in [1.54, 1.807) is 4.90 Å². The van der Waals surface area contributed by atoms with Crippen molar-refractivity contribution < 1.29 is 9.53 Å². The second-order valence-electron chi connectivity index (χ2n) is 5.69. The Morgan fingerprint density at radius 2 is 2.25 bits per heavy atom. The van der Waals surface area contributed by atoms with Crippen LogP contribution in [0, 0.1) is 0 Å². The Labute approximate surface area is 120 Å². The van der Waals surface area contributed by atoms with E-state index >= 15 is 0 Å². The zero-order valence-electron chi connectivity index (χ0n) is 12.0. The number of rotatable bonds is 5. The van der Waals surface area contributed by atoms with E-state index in [9.17, 15) is 4.79 Å². The maximum atomic E-state index is 11.9. The summed E-state index contributed by atoms with van der Waals surface area (Å²) in [7, 11) is 1.83. The molecular weight excluding hydrogens is 252 g/mol. The zero-order valence-corrected chi connectivity index (χ0v) is 12.0. The van der Waals surface area contributed by atoms with Crippen LogP contribution in [0.25, 0.3) is 0 Å². The number of anilines is 1. The van der Waals surface area contributed by atoms with Crippen LogP contribution in [0.3, 0.4) is 0 Å². The summed E-state index contributed by atoms with van der Waals surface area (Å²) in [6.07, 6.45) is 5.29. The van der Waals surface area contributed by atoms with Crippen molar-refractivity contribution in [3.05, 3.63) is 23.8 Å². The molecule has 0 aromatic heterocycles. The summed E-state index contributed by atoms with van der Waals surface area (Å²) in [5, 5.41) is 3.53. The number of nitrogens with one attached hydrogen (secondary N) is 1. The van der Waals surface area contributed by atoms with Gasteiger partial charge in [-0.1, -0.05) is 6.07 Å². The fourth-order valence-corrected chi connectivity index (χ4v) is 2.54. The summed E-state index contributed by atoms with van der Waals surface area (Å²) in [4.78, 5) is 13.6. The minimum atomic E-state index is 0.122. The van der Waals surface area contributed by atoms with E-state index in [1.165, 1.54) is 18.4 Å². The highest BCUT2D eigenvalue weighted by Crippen LogP contribution is 2.31. The van der Waals surface area contributed by atoms with Crippen LogP contribution in [0.2, 0.25) is 0 Å². The third-order valence-electron chi connectivity index (χ3n) is 3.98. The first kappa shape index (κ1) is 13.4. The molecule has 1 fully saturated rings. The minimum absolute atomic E-state index is 0.122. The molecule has 1 amide bonds. The molecule has 0 saturated heterocycles. The molecule has 1 aromatic rings. The molecule has 0 radical (unpaired) electrons. The van der Waals surface area contributed by atoms with Crippen molar-refractivity contribution >= 4 is 11.6 Å². The van der Waals surface area contributed by atoms with Crippen LogP contribution in [0.5, 0.6) is 5.75 Å². The van der Waals surface area contributed by atoms with Crippen molar-refractivity contribution in [2.45, 2.75) is 38.1 Å². The van der Waals surface area contributed by atoms with Crippen molar-refractivity contribution in [2.24, 2.45) is 0 Å². The lowest BCUT2D eigenvalue weighted by Crippen LogP contribution is -2.25. The Hall–Kier alpha value is -1.55. The van der Waals surface area contributed by atoms with Crippen molar-refractivity contribution in [2.75, 3.05) is 25.1 Å². The minimum Gasteiger partial charge on any atom is -0.491 e.